The van der Waals surface area contributed by atoms with E-state index in [-0.39, 0.29) is 0 Å². The molecule has 0 saturated carbocycles. The van der Waals surface area contributed by atoms with Crippen molar-refractivity contribution >= 4 is 37.5 Å². The molecule has 0 aliphatic rings. The molecule has 1 rings (SSSR count). The van der Waals surface area contributed by atoms with Gasteiger partial charge in [-0.1, -0.05) is 0 Å². The first-order chi connectivity index (χ1) is 8.56. The summed E-state index contributed by atoms with van der Waals surface area (Å²) in [6.45, 7) is 2.05. The maximum Gasteiger partial charge on any atom is 0.0915 e. The number of benzene rings is 1. The molecule has 1 aromatic carbocycles. The minimum atomic E-state index is -0.555. The average molecular weight is 382 g/mol. The van der Waals surface area contributed by atoms with Gasteiger partial charge in [0, 0.05) is 29.2 Å². The highest BCUT2D eigenvalue weighted by Gasteiger charge is 2.11. The van der Waals surface area contributed by atoms with Crippen LogP contribution < -0.4 is 11.1 Å². The third-order valence-electron chi connectivity index (χ3n) is 2.53. The van der Waals surface area contributed by atoms with Crippen molar-refractivity contribution in [3.05, 3.63) is 26.6 Å². The molecule has 0 spiro atoms. The molecule has 0 saturated heterocycles. The van der Waals surface area contributed by atoms with Crippen molar-refractivity contribution in [3.8, 4) is 0 Å². The van der Waals surface area contributed by atoms with E-state index in [0.29, 0.717) is 12.2 Å². The van der Waals surface area contributed by atoms with Crippen LogP contribution in [0.25, 0.3) is 0 Å². The number of hydrogen-bond donors (Lipinski definition) is 3. The zero-order valence-electron chi connectivity index (χ0n) is 10.2. The van der Waals surface area contributed by atoms with Crippen molar-refractivity contribution < 1.29 is 9.84 Å². The van der Waals surface area contributed by atoms with E-state index in [9.17, 15) is 5.11 Å². The molecule has 4 nitrogen and oxygen atoms in total. The largest absolute Gasteiger partial charge is 0.397 e. The topological polar surface area (TPSA) is 67.5 Å². The van der Waals surface area contributed by atoms with Gasteiger partial charge in [-0.3, -0.25) is 0 Å². The van der Waals surface area contributed by atoms with Crippen LogP contribution in [0.2, 0.25) is 0 Å². The number of nitrogen functional groups attached to an aromatic ring is 1. The van der Waals surface area contributed by atoms with E-state index in [2.05, 4.69) is 37.2 Å². The van der Waals surface area contributed by atoms with Crippen LogP contribution in [0.4, 0.5) is 5.69 Å². The summed E-state index contributed by atoms with van der Waals surface area (Å²) < 4.78 is 6.51. The molecule has 1 atom stereocenters. The van der Waals surface area contributed by atoms with Gasteiger partial charge < -0.3 is 20.9 Å². The molecule has 0 amide bonds. The summed E-state index contributed by atoms with van der Waals surface area (Å²) in [5.41, 5.74) is 7.26. The summed E-state index contributed by atoms with van der Waals surface area (Å²) in [4.78, 5) is 0. The third-order valence-corrected chi connectivity index (χ3v) is 3.84. The van der Waals surface area contributed by atoms with E-state index in [1.807, 2.05) is 12.1 Å². The lowest BCUT2D eigenvalue weighted by molar-refractivity contribution is 0.168. The Morgan fingerprint density at radius 2 is 2.00 bits per heavy atom. The number of nitrogens with one attached hydrogen (secondary N) is 1. The zero-order chi connectivity index (χ0) is 13.5. The average Bonchev–Trinajstić information content (AvgIpc) is 2.34. The number of anilines is 1. The van der Waals surface area contributed by atoms with Crippen molar-refractivity contribution in [2.45, 2.75) is 12.5 Å². The first kappa shape index (κ1) is 15.9. The van der Waals surface area contributed by atoms with Crippen molar-refractivity contribution in [3.63, 3.8) is 0 Å². The van der Waals surface area contributed by atoms with Crippen LogP contribution in [0, 0.1) is 0 Å². The van der Waals surface area contributed by atoms with Gasteiger partial charge in [0.2, 0.25) is 0 Å². The molecule has 0 heterocycles. The molecule has 0 radical (unpaired) electrons. The Labute approximate surface area is 124 Å². The van der Waals surface area contributed by atoms with Crippen LogP contribution in [0.15, 0.2) is 21.1 Å². The fourth-order valence-electron chi connectivity index (χ4n) is 1.49. The lowest BCUT2D eigenvalue weighted by atomic mass is 10.1. The number of hydrogen-bond acceptors (Lipinski definition) is 4. The highest BCUT2D eigenvalue weighted by Crippen LogP contribution is 2.31. The van der Waals surface area contributed by atoms with Crippen LogP contribution in [0.1, 0.15) is 18.1 Å². The number of nitrogens with two attached hydrogens (primary N) is 1. The maximum atomic E-state index is 10.0. The van der Waals surface area contributed by atoms with Crippen molar-refractivity contribution in [1.29, 1.82) is 0 Å². The van der Waals surface area contributed by atoms with E-state index in [0.717, 1.165) is 34.1 Å². The van der Waals surface area contributed by atoms with Crippen LogP contribution >= 0.6 is 31.9 Å². The number of methoxy groups -OCH3 is 1. The molecule has 0 fully saturated rings. The summed E-state index contributed by atoms with van der Waals surface area (Å²) in [7, 11) is 1.68. The quantitative estimate of drug-likeness (QED) is 0.501. The second-order valence-electron chi connectivity index (χ2n) is 3.96. The van der Waals surface area contributed by atoms with E-state index in [4.69, 9.17) is 10.5 Å². The van der Waals surface area contributed by atoms with Crippen LogP contribution in [-0.4, -0.2) is 31.9 Å². The number of aliphatic hydroxyl groups is 1. The van der Waals surface area contributed by atoms with Gasteiger partial charge in [0.15, 0.2) is 0 Å². The summed E-state index contributed by atoms with van der Waals surface area (Å²) in [5, 5.41) is 13.2. The number of halogens is 2. The molecule has 4 N–H and O–H groups in total. The highest BCUT2D eigenvalue weighted by molar-refractivity contribution is 9.11. The Balaban J connectivity index is 2.49. The highest BCUT2D eigenvalue weighted by atomic mass is 79.9. The summed E-state index contributed by atoms with van der Waals surface area (Å²) in [6.07, 6.45) is 0.374. The molecular formula is C12H18Br2N2O2. The molecule has 0 bridgehead atoms. The van der Waals surface area contributed by atoms with Gasteiger partial charge in [-0.15, -0.1) is 0 Å². The Kier molecular flexibility index (Phi) is 7.18. The standard InChI is InChI=1S/C12H18Br2N2O2/c1-18-4-2-3-16-7-11(17)8-5-9(13)12(15)10(14)6-8/h5-6,11,16-17H,2-4,7,15H2,1H3. The molecule has 0 aromatic heterocycles. The van der Waals surface area contributed by atoms with Crippen molar-refractivity contribution in [1.82, 2.24) is 5.32 Å². The minimum absolute atomic E-state index is 0.506. The lowest BCUT2D eigenvalue weighted by Gasteiger charge is -2.14. The predicted molar refractivity (Wildman–Crippen MR) is 80.6 cm³/mol. The zero-order valence-corrected chi connectivity index (χ0v) is 13.4. The summed E-state index contributed by atoms with van der Waals surface area (Å²) in [5.74, 6) is 0. The molecule has 1 aromatic rings. The second-order valence-corrected chi connectivity index (χ2v) is 5.67. The van der Waals surface area contributed by atoms with Crippen LogP contribution in [-0.2, 0) is 4.74 Å². The molecule has 18 heavy (non-hydrogen) atoms. The maximum absolute atomic E-state index is 10.0. The Bertz CT molecular complexity index is 365. The van der Waals surface area contributed by atoms with E-state index < -0.39 is 6.10 Å². The fraction of sp³-hybridized carbons (Fsp3) is 0.500. The first-order valence-electron chi connectivity index (χ1n) is 5.68. The molecular weight excluding hydrogens is 364 g/mol. The predicted octanol–water partition coefficient (Wildman–Crippen LogP) is 2.45. The number of rotatable bonds is 7. The first-order valence-corrected chi connectivity index (χ1v) is 7.27. The minimum Gasteiger partial charge on any atom is -0.397 e. The van der Waals surface area contributed by atoms with E-state index in [1.165, 1.54) is 0 Å². The summed E-state index contributed by atoms with van der Waals surface area (Å²) >= 11 is 6.73. The third kappa shape index (κ3) is 4.85. The van der Waals surface area contributed by atoms with E-state index in [1.54, 1.807) is 7.11 Å². The van der Waals surface area contributed by atoms with Gasteiger partial charge in [-0.25, -0.2) is 0 Å². The van der Waals surface area contributed by atoms with Crippen molar-refractivity contribution in [2.24, 2.45) is 0 Å². The normalized spacial score (nSPS) is 12.7. The Morgan fingerprint density at radius 3 is 2.56 bits per heavy atom. The molecule has 0 aliphatic heterocycles. The smallest absolute Gasteiger partial charge is 0.0915 e. The van der Waals surface area contributed by atoms with E-state index >= 15 is 0 Å². The SMILES string of the molecule is COCCCNCC(O)c1cc(Br)c(N)c(Br)c1. The lowest BCUT2D eigenvalue weighted by Crippen LogP contribution is -2.23. The fourth-order valence-corrected chi connectivity index (χ4v) is 2.72. The molecule has 6 heteroatoms. The second kappa shape index (κ2) is 8.12. The van der Waals surface area contributed by atoms with Crippen LogP contribution in [0.3, 0.4) is 0 Å². The van der Waals surface area contributed by atoms with Gasteiger partial charge in [0.05, 0.1) is 11.8 Å². The Morgan fingerprint density at radius 1 is 1.39 bits per heavy atom. The summed E-state index contributed by atoms with van der Waals surface area (Å²) in [6, 6.07) is 3.67. The monoisotopic (exact) mass is 380 g/mol. The van der Waals surface area contributed by atoms with Crippen molar-refractivity contribution in [2.75, 3.05) is 32.5 Å². The van der Waals surface area contributed by atoms with Crippen LogP contribution in [0.5, 0.6) is 0 Å². The molecule has 0 aliphatic carbocycles. The number of aliphatic hydroxyl groups excluding tert-OH is 1. The molecule has 1 unspecified atom stereocenters. The Hall–Kier alpha value is -0.140. The van der Waals surface area contributed by atoms with Gasteiger partial charge >= 0.3 is 0 Å². The number of ether oxygens (including phenoxy) is 1. The van der Waals surface area contributed by atoms with Gasteiger partial charge in [-0.2, -0.15) is 0 Å². The van der Waals surface area contributed by atoms with Gasteiger partial charge in [-0.05, 0) is 62.5 Å². The molecule has 102 valence electrons. The van der Waals surface area contributed by atoms with Gasteiger partial charge in [0.1, 0.15) is 0 Å². The van der Waals surface area contributed by atoms with Gasteiger partial charge in [0.25, 0.3) is 0 Å².